The molecule has 2 aliphatic heterocycles. The van der Waals surface area contributed by atoms with E-state index < -0.39 is 0 Å². The van der Waals surface area contributed by atoms with E-state index in [1.54, 1.807) is 14.2 Å². The van der Waals surface area contributed by atoms with Crippen LogP contribution in [0, 0.1) is 0 Å². The summed E-state index contributed by atoms with van der Waals surface area (Å²) in [5, 5.41) is 0. The molecule has 0 unspecified atom stereocenters. The van der Waals surface area contributed by atoms with Crippen molar-refractivity contribution < 1.29 is 19.0 Å². The maximum absolute atomic E-state index is 12.3. The lowest BCUT2D eigenvalue weighted by Gasteiger charge is -2.43. The molecule has 3 rings (SSSR count). The number of fused-ring (bicyclic) bond motifs is 1. The summed E-state index contributed by atoms with van der Waals surface area (Å²) in [6.07, 6.45) is 4.92. The van der Waals surface area contributed by atoms with Crippen LogP contribution in [0.25, 0.3) is 0 Å². The van der Waals surface area contributed by atoms with Gasteiger partial charge in [-0.1, -0.05) is 6.07 Å². The Bertz CT molecular complexity index is 668. The van der Waals surface area contributed by atoms with E-state index in [2.05, 4.69) is 17.0 Å². The third kappa shape index (κ3) is 3.46. The van der Waals surface area contributed by atoms with Gasteiger partial charge in [0.1, 0.15) is 0 Å². The molecule has 0 aliphatic carbocycles. The maximum Gasteiger partial charge on any atom is 0.335 e. The molecule has 0 bridgehead atoms. The molecule has 5 nitrogen and oxygen atoms in total. The minimum absolute atomic E-state index is 0.143. The van der Waals surface area contributed by atoms with Crippen LogP contribution in [0.1, 0.15) is 50.6 Å². The molecule has 1 aromatic rings. The van der Waals surface area contributed by atoms with Gasteiger partial charge in [-0.3, -0.25) is 0 Å². The van der Waals surface area contributed by atoms with Crippen molar-refractivity contribution in [2.24, 2.45) is 0 Å². The van der Waals surface area contributed by atoms with Crippen molar-refractivity contribution in [2.45, 2.75) is 45.1 Å². The highest BCUT2D eigenvalue weighted by molar-refractivity contribution is 5.89. The fourth-order valence-electron chi connectivity index (χ4n) is 3.95. The molecule has 0 spiro atoms. The van der Waals surface area contributed by atoms with Crippen LogP contribution in [-0.4, -0.2) is 38.2 Å². The number of methoxy groups -OCH3 is 2. The highest BCUT2D eigenvalue weighted by atomic mass is 16.5. The number of allylic oxidation sites excluding steroid dienone is 1. The van der Waals surface area contributed by atoms with E-state index in [0.717, 1.165) is 55.7 Å². The van der Waals surface area contributed by atoms with Gasteiger partial charge in [-0.25, -0.2) is 4.79 Å². The van der Waals surface area contributed by atoms with Gasteiger partial charge in [0.15, 0.2) is 11.5 Å². The van der Waals surface area contributed by atoms with Gasteiger partial charge >= 0.3 is 5.97 Å². The maximum atomic E-state index is 12.3. The first-order valence-corrected chi connectivity index (χ1v) is 9.07. The van der Waals surface area contributed by atoms with E-state index >= 15 is 0 Å². The number of esters is 1. The Kier molecular flexibility index (Phi) is 5.51. The zero-order valence-corrected chi connectivity index (χ0v) is 15.3. The molecule has 25 heavy (non-hydrogen) atoms. The molecule has 1 atom stereocenters. The molecule has 0 aromatic heterocycles. The number of hydrogen-bond acceptors (Lipinski definition) is 5. The minimum atomic E-state index is -0.143. The largest absolute Gasteiger partial charge is 0.493 e. The molecule has 0 N–H and O–H groups in total. The van der Waals surface area contributed by atoms with Crippen LogP contribution in [0.2, 0.25) is 0 Å². The van der Waals surface area contributed by atoms with Crippen LogP contribution in [0.3, 0.4) is 0 Å². The van der Waals surface area contributed by atoms with Crippen molar-refractivity contribution in [1.82, 2.24) is 4.90 Å². The third-order valence-electron chi connectivity index (χ3n) is 5.12. The summed E-state index contributed by atoms with van der Waals surface area (Å²) in [6.45, 7) is 3.27. The zero-order valence-electron chi connectivity index (χ0n) is 15.3. The van der Waals surface area contributed by atoms with Gasteiger partial charge in [0, 0.05) is 12.2 Å². The Morgan fingerprint density at radius 3 is 2.68 bits per heavy atom. The molecule has 2 heterocycles. The topological polar surface area (TPSA) is 48.0 Å². The fraction of sp³-hybridized carbons (Fsp3) is 0.550. The van der Waals surface area contributed by atoms with E-state index in [9.17, 15) is 4.79 Å². The van der Waals surface area contributed by atoms with E-state index in [0.29, 0.717) is 6.61 Å². The van der Waals surface area contributed by atoms with Crippen LogP contribution in [0.5, 0.6) is 11.5 Å². The second-order valence-electron chi connectivity index (χ2n) is 6.47. The van der Waals surface area contributed by atoms with Crippen LogP contribution in [0.4, 0.5) is 0 Å². The van der Waals surface area contributed by atoms with Crippen LogP contribution >= 0.6 is 0 Å². The second kappa shape index (κ2) is 7.81. The highest BCUT2D eigenvalue weighted by Crippen LogP contribution is 2.43. The number of ether oxygens (including phenoxy) is 3. The van der Waals surface area contributed by atoms with Crippen LogP contribution < -0.4 is 9.47 Å². The molecule has 0 saturated carbocycles. The monoisotopic (exact) mass is 345 g/mol. The Morgan fingerprint density at radius 2 is 1.96 bits per heavy atom. The van der Waals surface area contributed by atoms with Crippen molar-refractivity contribution in [2.75, 3.05) is 27.4 Å². The average molecular weight is 345 g/mol. The summed E-state index contributed by atoms with van der Waals surface area (Å²) in [4.78, 5) is 14.7. The van der Waals surface area contributed by atoms with Gasteiger partial charge in [-0.05, 0) is 56.7 Å². The summed E-state index contributed by atoms with van der Waals surface area (Å²) >= 11 is 0. The first-order chi connectivity index (χ1) is 12.2. The number of rotatable bonds is 5. The lowest BCUT2D eigenvalue weighted by atomic mass is 9.87. The lowest BCUT2D eigenvalue weighted by molar-refractivity contribution is -0.139. The first-order valence-electron chi connectivity index (χ1n) is 9.07. The number of hydrogen-bond donors (Lipinski definition) is 0. The van der Waals surface area contributed by atoms with Crippen molar-refractivity contribution >= 4 is 5.97 Å². The molecular weight excluding hydrogens is 318 g/mol. The van der Waals surface area contributed by atoms with Gasteiger partial charge in [0.25, 0.3) is 0 Å². The van der Waals surface area contributed by atoms with Gasteiger partial charge < -0.3 is 19.1 Å². The van der Waals surface area contributed by atoms with Gasteiger partial charge in [0.05, 0.1) is 32.4 Å². The Hall–Kier alpha value is -2.17. The number of nitrogens with zero attached hydrogens (tertiary/aromatic N) is 1. The van der Waals surface area contributed by atoms with Crippen molar-refractivity contribution in [3.05, 3.63) is 35.0 Å². The van der Waals surface area contributed by atoms with Crippen molar-refractivity contribution in [3.8, 4) is 11.5 Å². The molecule has 0 amide bonds. The normalized spacial score (nSPS) is 20.1. The van der Waals surface area contributed by atoms with E-state index in [1.165, 1.54) is 11.3 Å². The summed E-state index contributed by atoms with van der Waals surface area (Å²) in [7, 11) is 3.31. The summed E-state index contributed by atoms with van der Waals surface area (Å²) in [5.74, 6) is 1.34. The zero-order chi connectivity index (χ0) is 17.8. The van der Waals surface area contributed by atoms with Crippen molar-refractivity contribution in [1.29, 1.82) is 0 Å². The number of benzene rings is 1. The predicted molar refractivity (Wildman–Crippen MR) is 95.7 cm³/mol. The van der Waals surface area contributed by atoms with Crippen molar-refractivity contribution in [3.63, 3.8) is 0 Å². The SMILES string of the molecule is CCOC(=O)C1=C2CCCCN2[C@H](c2ccc(OC)c(OC)c2)CC1. The third-order valence-corrected chi connectivity index (χ3v) is 5.12. The quantitative estimate of drug-likeness (QED) is 0.759. The molecule has 1 aromatic carbocycles. The number of carbonyl (C=O) groups excluding carboxylic acids is 1. The van der Waals surface area contributed by atoms with E-state index in [4.69, 9.17) is 14.2 Å². The van der Waals surface area contributed by atoms with Crippen LogP contribution in [-0.2, 0) is 9.53 Å². The van der Waals surface area contributed by atoms with Gasteiger partial charge in [-0.15, -0.1) is 0 Å². The van der Waals surface area contributed by atoms with E-state index in [1.807, 2.05) is 13.0 Å². The van der Waals surface area contributed by atoms with Gasteiger partial charge in [0.2, 0.25) is 0 Å². The Labute approximate surface area is 149 Å². The molecule has 136 valence electrons. The smallest absolute Gasteiger partial charge is 0.335 e. The van der Waals surface area contributed by atoms with Crippen LogP contribution in [0.15, 0.2) is 29.5 Å². The lowest BCUT2D eigenvalue weighted by Crippen LogP contribution is -2.37. The first kappa shape index (κ1) is 17.6. The average Bonchev–Trinajstić information content (AvgIpc) is 2.66. The Balaban J connectivity index is 1.93. The highest BCUT2D eigenvalue weighted by Gasteiger charge is 2.34. The summed E-state index contributed by atoms with van der Waals surface area (Å²) in [6, 6.07) is 6.40. The van der Waals surface area contributed by atoms with E-state index in [-0.39, 0.29) is 12.0 Å². The standard InChI is InChI=1S/C20H27NO4/c1-4-25-20(22)15-9-10-16(21-12-6-5-7-17(15)21)14-8-11-18(23-2)19(13-14)24-3/h8,11,13,16H,4-7,9-10,12H2,1-3H3/t16-/m0/s1. The molecule has 2 aliphatic rings. The molecule has 0 radical (unpaired) electrons. The number of carbonyl (C=O) groups is 1. The summed E-state index contributed by atoms with van der Waals surface area (Å²) < 4.78 is 16.1. The molecule has 1 fully saturated rings. The summed E-state index contributed by atoms with van der Waals surface area (Å²) in [5.41, 5.74) is 3.26. The molecular formula is C20H27NO4. The predicted octanol–water partition coefficient (Wildman–Crippen LogP) is 3.84. The number of piperidine rings is 1. The molecule has 1 saturated heterocycles. The second-order valence-corrected chi connectivity index (χ2v) is 6.47. The van der Waals surface area contributed by atoms with Gasteiger partial charge in [-0.2, -0.15) is 0 Å². The Morgan fingerprint density at radius 1 is 1.16 bits per heavy atom. The fourth-order valence-corrected chi connectivity index (χ4v) is 3.95. The minimum Gasteiger partial charge on any atom is -0.493 e. The molecule has 5 heteroatoms.